The minimum absolute atomic E-state index is 0.0840. The van der Waals surface area contributed by atoms with Crippen LogP contribution in [0.15, 0.2) is 54.6 Å². The number of unbranched alkanes of at least 4 members (excludes halogenated alkanes) is 1. The third-order valence-corrected chi connectivity index (χ3v) is 6.25. The molecule has 0 unspecified atom stereocenters. The summed E-state index contributed by atoms with van der Waals surface area (Å²) in [5, 5.41) is 10.6. The minimum Gasteiger partial charge on any atom is -0.344 e. The highest BCUT2D eigenvalue weighted by molar-refractivity contribution is 7.80. The molecule has 0 saturated heterocycles. The zero-order chi connectivity index (χ0) is 23.1. The second-order valence-electron chi connectivity index (χ2n) is 8.96. The lowest BCUT2D eigenvalue weighted by Gasteiger charge is -2.23. The Morgan fingerprint density at radius 1 is 0.906 bits per heavy atom. The van der Waals surface area contributed by atoms with Crippen molar-refractivity contribution in [3.8, 4) is 0 Å². The Labute approximate surface area is 196 Å². The number of hydrogen-bond acceptors (Lipinski definition) is 3. The van der Waals surface area contributed by atoms with Gasteiger partial charge in [0.15, 0.2) is 0 Å². The topological polar surface area (TPSA) is 58.2 Å². The highest BCUT2D eigenvalue weighted by Crippen LogP contribution is 2.25. The van der Waals surface area contributed by atoms with Crippen LogP contribution in [0.3, 0.4) is 0 Å². The van der Waals surface area contributed by atoms with Crippen LogP contribution in [0.25, 0.3) is 21.5 Å². The van der Waals surface area contributed by atoms with E-state index in [-0.39, 0.29) is 23.7 Å². The molecule has 0 aliphatic heterocycles. The van der Waals surface area contributed by atoms with Crippen LogP contribution in [0.4, 0.5) is 5.69 Å². The van der Waals surface area contributed by atoms with Gasteiger partial charge in [0.05, 0.1) is 0 Å². The first-order chi connectivity index (χ1) is 15.4. The van der Waals surface area contributed by atoms with Gasteiger partial charge in [0.2, 0.25) is 11.8 Å². The molecule has 0 radical (unpaired) electrons. The number of nitrogens with one attached hydrogen (secondary N) is 2. The molecule has 0 aromatic heterocycles. The summed E-state index contributed by atoms with van der Waals surface area (Å²) in [7, 11) is 0. The first kappa shape index (κ1) is 24.1. The summed E-state index contributed by atoms with van der Waals surface area (Å²) in [6.07, 6.45) is 3.39. The lowest BCUT2D eigenvalue weighted by Crippen LogP contribution is -2.47. The second-order valence-corrected chi connectivity index (χ2v) is 9.33. The predicted octanol–water partition coefficient (Wildman–Crippen LogP) is 6.20. The molecule has 0 bridgehead atoms. The molecule has 170 valence electrons. The third kappa shape index (κ3) is 6.26. The normalized spacial score (nSPS) is 13.3. The molecule has 3 rings (SSSR count). The van der Waals surface area contributed by atoms with Crippen molar-refractivity contribution in [2.75, 3.05) is 11.1 Å². The molecule has 32 heavy (non-hydrogen) atoms. The summed E-state index contributed by atoms with van der Waals surface area (Å²) < 4.78 is 0. The van der Waals surface area contributed by atoms with E-state index in [0.29, 0.717) is 12.2 Å². The molecule has 2 atom stereocenters. The van der Waals surface area contributed by atoms with Crippen molar-refractivity contribution in [1.29, 1.82) is 0 Å². The largest absolute Gasteiger partial charge is 0.344 e. The van der Waals surface area contributed by atoms with Gasteiger partial charge in [0.25, 0.3) is 0 Å². The molecule has 5 heteroatoms. The molecule has 0 heterocycles. The van der Waals surface area contributed by atoms with Crippen molar-refractivity contribution < 1.29 is 9.59 Å². The van der Waals surface area contributed by atoms with Crippen LogP contribution in [-0.4, -0.2) is 23.6 Å². The number of anilines is 1. The van der Waals surface area contributed by atoms with E-state index >= 15 is 0 Å². The molecule has 0 spiro atoms. The third-order valence-electron chi connectivity index (χ3n) is 5.81. The smallest absolute Gasteiger partial charge is 0.246 e. The summed E-state index contributed by atoms with van der Waals surface area (Å²) in [6.45, 7) is 6.22. The fourth-order valence-electron chi connectivity index (χ4n) is 4.00. The molecular formula is C27H34N2O2S. The van der Waals surface area contributed by atoms with Crippen LogP contribution < -0.4 is 10.6 Å². The Morgan fingerprint density at radius 2 is 1.56 bits per heavy atom. The highest BCUT2D eigenvalue weighted by atomic mass is 32.1. The van der Waals surface area contributed by atoms with Crippen LogP contribution in [0.5, 0.6) is 0 Å². The van der Waals surface area contributed by atoms with Crippen molar-refractivity contribution in [1.82, 2.24) is 5.32 Å². The van der Waals surface area contributed by atoms with Gasteiger partial charge in [-0.3, -0.25) is 9.59 Å². The Kier molecular flexibility index (Phi) is 8.57. The minimum atomic E-state index is -0.571. The highest BCUT2D eigenvalue weighted by Gasteiger charge is 2.25. The number of carbonyl (C=O) groups excluding carboxylic acids is 2. The van der Waals surface area contributed by atoms with Gasteiger partial charge in [-0.2, -0.15) is 12.6 Å². The van der Waals surface area contributed by atoms with Gasteiger partial charge in [-0.15, -0.1) is 0 Å². The van der Waals surface area contributed by atoms with E-state index in [0.717, 1.165) is 35.7 Å². The molecule has 2 N–H and O–H groups in total. The molecule has 3 aromatic rings. The van der Waals surface area contributed by atoms with E-state index in [4.69, 9.17) is 0 Å². The first-order valence-electron chi connectivity index (χ1n) is 11.6. The average Bonchev–Trinajstić information content (AvgIpc) is 2.77. The van der Waals surface area contributed by atoms with Crippen LogP contribution in [0, 0.1) is 11.8 Å². The predicted molar refractivity (Wildman–Crippen MR) is 138 cm³/mol. The van der Waals surface area contributed by atoms with E-state index in [2.05, 4.69) is 68.3 Å². The number of amides is 2. The number of benzene rings is 3. The summed E-state index contributed by atoms with van der Waals surface area (Å²) in [4.78, 5) is 25.9. The SMILES string of the molecule is CCCC[C@H](CS)C(=O)N[C@@H](CC(C)C)C(=O)Nc1ccc2cc3ccccc3cc2c1. The van der Waals surface area contributed by atoms with Gasteiger partial charge < -0.3 is 10.6 Å². The van der Waals surface area contributed by atoms with Gasteiger partial charge in [-0.05, 0) is 64.6 Å². The Balaban J connectivity index is 1.76. The summed E-state index contributed by atoms with van der Waals surface area (Å²) in [6, 6.07) is 17.9. The quantitative estimate of drug-likeness (QED) is 0.254. The Hall–Kier alpha value is -2.53. The van der Waals surface area contributed by atoms with Crippen LogP contribution >= 0.6 is 12.6 Å². The van der Waals surface area contributed by atoms with Gasteiger partial charge in [-0.1, -0.05) is 63.9 Å². The Bertz CT molecular complexity index is 1080. The van der Waals surface area contributed by atoms with Crippen molar-refractivity contribution in [3.05, 3.63) is 54.6 Å². The fraction of sp³-hybridized carbons (Fsp3) is 0.407. The average molecular weight is 451 g/mol. The molecule has 0 aliphatic carbocycles. The van der Waals surface area contributed by atoms with Crippen LogP contribution in [-0.2, 0) is 9.59 Å². The van der Waals surface area contributed by atoms with E-state index in [1.807, 2.05) is 30.3 Å². The Morgan fingerprint density at radius 3 is 2.19 bits per heavy atom. The van der Waals surface area contributed by atoms with Crippen LogP contribution in [0.2, 0.25) is 0 Å². The summed E-state index contributed by atoms with van der Waals surface area (Å²) >= 11 is 4.35. The number of thiol groups is 1. The standard InChI is InChI=1S/C27H34N2O2S/c1-4-5-8-22(17-32)26(30)29-25(13-18(2)3)27(31)28-24-12-11-21-14-19-9-6-7-10-20(19)15-23(21)16-24/h6-7,9-12,14-16,18,22,25,32H,4-5,8,13,17H2,1-3H3,(H,28,31)(H,29,30)/t22-,25+/m1/s1. The lowest BCUT2D eigenvalue weighted by molar-refractivity contribution is -0.129. The van der Waals surface area contributed by atoms with E-state index in [9.17, 15) is 9.59 Å². The maximum absolute atomic E-state index is 13.1. The zero-order valence-electron chi connectivity index (χ0n) is 19.2. The maximum atomic E-state index is 13.1. The zero-order valence-corrected chi connectivity index (χ0v) is 20.1. The molecule has 3 aromatic carbocycles. The molecule has 2 amide bonds. The molecule has 4 nitrogen and oxygen atoms in total. The summed E-state index contributed by atoms with van der Waals surface area (Å²) in [5.41, 5.74) is 0.734. The van der Waals surface area contributed by atoms with E-state index in [1.165, 1.54) is 10.8 Å². The molecule has 0 saturated carbocycles. The fourth-order valence-corrected chi connectivity index (χ4v) is 4.34. The number of rotatable bonds is 10. The monoisotopic (exact) mass is 450 g/mol. The van der Waals surface area contributed by atoms with Gasteiger partial charge in [0.1, 0.15) is 6.04 Å². The number of carbonyl (C=O) groups is 2. The number of hydrogen-bond donors (Lipinski definition) is 3. The molecular weight excluding hydrogens is 416 g/mol. The van der Waals surface area contributed by atoms with Crippen molar-refractivity contribution in [2.45, 2.75) is 52.5 Å². The molecule has 0 fully saturated rings. The lowest BCUT2D eigenvalue weighted by atomic mass is 9.99. The van der Waals surface area contributed by atoms with Crippen molar-refractivity contribution >= 4 is 51.7 Å². The first-order valence-corrected chi connectivity index (χ1v) is 12.2. The van der Waals surface area contributed by atoms with Crippen molar-refractivity contribution in [3.63, 3.8) is 0 Å². The number of fused-ring (bicyclic) bond motifs is 2. The van der Waals surface area contributed by atoms with Crippen molar-refractivity contribution in [2.24, 2.45) is 11.8 Å². The molecule has 0 aliphatic rings. The maximum Gasteiger partial charge on any atom is 0.246 e. The van der Waals surface area contributed by atoms with E-state index in [1.54, 1.807) is 0 Å². The van der Waals surface area contributed by atoms with Crippen LogP contribution in [0.1, 0.15) is 46.5 Å². The second kappa shape index (κ2) is 11.4. The summed E-state index contributed by atoms with van der Waals surface area (Å²) in [5.74, 6) is 0.328. The van der Waals surface area contributed by atoms with Gasteiger partial charge >= 0.3 is 0 Å². The van der Waals surface area contributed by atoms with Gasteiger partial charge in [0, 0.05) is 17.4 Å². The van der Waals surface area contributed by atoms with Gasteiger partial charge in [-0.25, -0.2) is 0 Å². The van der Waals surface area contributed by atoms with E-state index < -0.39 is 6.04 Å².